The molecule has 0 aliphatic carbocycles. The van der Waals surface area contributed by atoms with E-state index in [-0.39, 0.29) is 12.4 Å². The third kappa shape index (κ3) is 7.32. The summed E-state index contributed by atoms with van der Waals surface area (Å²) in [6.07, 6.45) is 3.58. The van der Waals surface area contributed by atoms with Gasteiger partial charge in [-0.2, -0.15) is 0 Å². The minimum absolute atomic E-state index is 0.260. The maximum Gasteiger partial charge on any atom is 0.312 e. The van der Waals surface area contributed by atoms with E-state index in [1.165, 1.54) is 13.8 Å². The zero-order valence-corrected chi connectivity index (χ0v) is 24.2. The molecule has 0 spiro atoms. The number of nitrogens with zero attached hydrogens (tertiary/aromatic N) is 3. The van der Waals surface area contributed by atoms with Crippen LogP contribution in [0.2, 0.25) is 0 Å². The molecule has 0 N–H and O–H groups in total. The third-order valence-corrected chi connectivity index (χ3v) is 6.55. The van der Waals surface area contributed by atoms with Crippen molar-refractivity contribution in [1.82, 2.24) is 14.4 Å². The number of hydrogen-bond acceptors (Lipinski definition) is 8. The number of fused-ring (bicyclic) bond motifs is 1. The Balaban J connectivity index is 1.63. The van der Waals surface area contributed by atoms with Gasteiger partial charge >= 0.3 is 17.9 Å². The summed E-state index contributed by atoms with van der Waals surface area (Å²) in [4.78, 5) is 45.5. The second kappa shape index (κ2) is 13.1. The lowest BCUT2D eigenvalue weighted by molar-refractivity contribution is -0.135. The lowest BCUT2D eigenvalue weighted by Gasteiger charge is -2.11. The topological polar surface area (TPSA) is 109 Å². The predicted octanol–water partition coefficient (Wildman–Crippen LogP) is 6.13. The zero-order chi connectivity index (χ0) is 30.3. The summed E-state index contributed by atoms with van der Waals surface area (Å²) < 4.78 is 18.1. The first-order valence-corrected chi connectivity index (χ1v) is 14.0. The smallest absolute Gasteiger partial charge is 0.312 e. The van der Waals surface area contributed by atoms with Gasteiger partial charge in [0.05, 0.1) is 11.4 Å². The molecule has 43 heavy (non-hydrogen) atoms. The molecule has 0 fully saturated rings. The van der Waals surface area contributed by atoms with Crippen LogP contribution in [0.5, 0.6) is 17.4 Å². The zero-order valence-electron chi connectivity index (χ0n) is 24.2. The minimum atomic E-state index is -0.400. The van der Waals surface area contributed by atoms with Crippen molar-refractivity contribution in [1.29, 1.82) is 0 Å². The van der Waals surface area contributed by atoms with Crippen LogP contribution in [0, 0.1) is 0 Å². The van der Waals surface area contributed by atoms with Crippen molar-refractivity contribution in [2.24, 2.45) is 0 Å². The number of ether oxygens (including phenoxy) is 3. The highest BCUT2D eigenvalue weighted by molar-refractivity contribution is 5.74. The minimum Gasteiger partial charge on any atom is -0.427 e. The van der Waals surface area contributed by atoms with Gasteiger partial charge in [0, 0.05) is 44.9 Å². The molecule has 0 aliphatic rings. The molecule has 5 aromatic rings. The van der Waals surface area contributed by atoms with Crippen LogP contribution in [-0.2, 0) is 27.2 Å². The third-order valence-electron chi connectivity index (χ3n) is 6.55. The molecule has 0 bridgehead atoms. The first-order chi connectivity index (χ1) is 20.8. The first kappa shape index (κ1) is 29.2. The van der Waals surface area contributed by atoms with Crippen LogP contribution in [0.25, 0.3) is 16.9 Å². The van der Waals surface area contributed by atoms with E-state index < -0.39 is 11.9 Å². The monoisotopic (exact) mass is 577 g/mol. The Bertz CT molecular complexity index is 1760. The van der Waals surface area contributed by atoms with Crippen LogP contribution in [0.1, 0.15) is 56.1 Å². The van der Waals surface area contributed by atoms with E-state index in [0.717, 1.165) is 16.7 Å². The predicted molar refractivity (Wildman–Crippen MR) is 160 cm³/mol. The lowest BCUT2D eigenvalue weighted by atomic mass is 10.1. The molecule has 0 saturated carbocycles. The summed E-state index contributed by atoms with van der Waals surface area (Å²) in [5.74, 6) is 0.0492. The van der Waals surface area contributed by atoms with Gasteiger partial charge in [0.15, 0.2) is 5.65 Å². The van der Waals surface area contributed by atoms with Crippen molar-refractivity contribution < 1.29 is 28.6 Å². The Morgan fingerprint density at radius 3 is 1.88 bits per heavy atom. The summed E-state index contributed by atoms with van der Waals surface area (Å²) >= 11 is 0. The quantitative estimate of drug-likeness (QED) is 0.144. The molecule has 0 radical (unpaired) electrons. The van der Waals surface area contributed by atoms with Crippen molar-refractivity contribution >= 4 is 23.6 Å². The van der Waals surface area contributed by atoms with Crippen LogP contribution >= 0.6 is 0 Å². The van der Waals surface area contributed by atoms with Crippen LogP contribution in [0.4, 0.5) is 0 Å². The van der Waals surface area contributed by atoms with Crippen LogP contribution in [-0.4, -0.2) is 32.3 Å². The number of carbonyl (C=O) groups excluding carboxylic acids is 3. The molecule has 9 nitrogen and oxygen atoms in total. The van der Waals surface area contributed by atoms with Gasteiger partial charge in [0.25, 0.3) is 0 Å². The summed E-state index contributed by atoms with van der Waals surface area (Å²) in [5.41, 5.74) is 5.22. The number of hydrogen-bond donors (Lipinski definition) is 0. The Hall–Kier alpha value is -5.31. The fourth-order valence-electron chi connectivity index (χ4n) is 4.66. The van der Waals surface area contributed by atoms with E-state index in [1.807, 2.05) is 61.5 Å². The molecule has 3 aromatic carbocycles. The average Bonchev–Trinajstić information content (AvgIpc) is 3.31. The Kier molecular flexibility index (Phi) is 8.90. The lowest BCUT2D eigenvalue weighted by Crippen LogP contribution is -2.11. The highest BCUT2D eigenvalue weighted by Crippen LogP contribution is 2.30. The number of esters is 3. The van der Waals surface area contributed by atoms with E-state index in [2.05, 4.69) is 0 Å². The van der Waals surface area contributed by atoms with Crippen molar-refractivity contribution in [3.63, 3.8) is 0 Å². The van der Waals surface area contributed by atoms with Gasteiger partial charge in [-0.05, 0) is 53.9 Å². The molecule has 5 rings (SSSR count). The molecule has 0 unspecified atom stereocenters. The number of aromatic nitrogens is 3. The molecule has 0 saturated heterocycles. The summed E-state index contributed by atoms with van der Waals surface area (Å²) in [6.45, 7) is 4.62. The molecular weight excluding hydrogens is 546 g/mol. The summed E-state index contributed by atoms with van der Waals surface area (Å²) in [5, 5.41) is 0. The molecule has 0 aliphatic heterocycles. The molecule has 218 valence electrons. The van der Waals surface area contributed by atoms with Crippen LogP contribution in [0.3, 0.4) is 0 Å². The van der Waals surface area contributed by atoms with Gasteiger partial charge in [-0.25, -0.2) is 9.97 Å². The van der Waals surface area contributed by atoms with E-state index in [0.29, 0.717) is 59.4 Å². The van der Waals surface area contributed by atoms with E-state index >= 15 is 0 Å². The molecule has 0 atom stereocenters. The molecule has 0 amide bonds. The Morgan fingerprint density at radius 1 is 0.698 bits per heavy atom. The van der Waals surface area contributed by atoms with Crippen molar-refractivity contribution in [2.45, 2.75) is 46.5 Å². The van der Waals surface area contributed by atoms with Gasteiger partial charge < -0.3 is 14.2 Å². The standard InChI is InChI=1S/C34H31N3O6/c1-4-8-32(40)43-34-30(20-25-11-15-27(16-12-25)41-22(2)38)36-33-29(19-24-9-6-5-7-10-24)35-31(21-37(33)34)26-13-17-28(18-14-26)42-23(3)39/h5-7,9-18,21H,4,8,19-20H2,1-3H3. The average molecular weight is 578 g/mol. The van der Waals surface area contributed by atoms with Gasteiger partial charge in [0.2, 0.25) is 5.88 Å². The van der Waals surface area contributed by atoms with E-state index in [9.17, 15) is 14.4 Å². The van der Waals surface area contributed by atoms with Crippen molar-refractivity contribution in [3.8, 4) is 28.6 Å². The fourth-order valence-corrected chi connectivity index (χ4v) is 4.66. The van der Waals surface area contributed by atoms with E-state index in [1.54, 1.807) is 34.9 Å². The second-order valence-electron chi connectivity index (χ2n) is 10.0. The van der Waals surface area contributed by atoms with Crippen LogP contribution < -0.4 is 14.2 Å². The van der Waals surface area contributed by atoms with Gasteiger partial charge in [-0.3, -0.25) is 18.8 Å². The van der Waals surface area contributed by atoms with Crippen molar-refractivity contribution in [2.75, 3.05) is 0 Å². The molecule has 9 heteroatoms. The first-order valence-electron chi connectivity index (χ1n) is 14.0. The number of carbonyl (C=O) groups is 3. The fraction of sp³-hybridized carbons (Fsp3) is 0.206. The largest absolute Gasteiger partial charge is 0.427 e. The Morgan fingerprint density at radius 2 is 1.28 bits per heavy atom. The maximum absolute atomic E-state index is 12.8. The van der Waals surface area contributed by atoms with E-state index in [4.69, 9.17) is 24.2 Å². The molecule has 2 heterocycles. The number of imidazole rings is 1. The van der Waals surface area contributed by atoms with Gasteiger partial charge in [0.1, 0.15) is 17.2 Å². The molecular formula is C34H31N3O6. The van der Waals surface area contributed by atoms with Gasteiger partial charge in [-0.15, -0.1) is 0 Å². The SMILES string of the molecule is CCCC(=O)Oc1c(Cc2ccc(OC(C)=O)cc2)nc2c(Cc3ccccc3)nc(-c3ccc(OC(C)=O)cc3)cn12. The Labute approximate surface area is 249 Å². The highest BCUT2D eigenvalue weighted by atomic mass is 16.5. The highest BCUT2D eigenvalue weighted by Gasteiger charge is 2.22. The second-order valence-corrected chi connectivity index (χ2v) is 10.0. The normalized spacial score (nSPS) is 10.9. The summed E-state index contributed by atoms with van der Waals surface area (Å²) in [7, 11) is 0. The number of benzene rings is 3. The van der Waals surface area contributed by atoms with Crippen LogP contribution in [0.15, 0.2) is 85.1 Å². The summed E-state index contributed by atoms with van der Waals surface area (Å²) in [6, 6.07) is 24.1. The van der Waals surface area contributed by atoms with Gasteiger partial charge in [-0.1, -0.05) is 49.4 Å². The number of rotatable bonds is 10. The maximum atomic E-state index is 12.8. The molecule has 2 aromatic heterocycles. The van der Waals surface area contributed by atoms with Crippen molar-refractivity contribution in [3.05, 3.63) is 108 Å².